The van der Waals surface area contributed by atoms with Gasteiger partial charge in [0.2, 0.25) is 0 Å². The van der Waals surface area contributed by atoms with Gasteiger partial charge >= 0.3 is 0 Å². The molecule has 1 saturated heterocycles. The molecule has 1 aliphatic heterocycles. The second kappa shape index (κ2) is 6.77. The molecule has 1 aromatic rings. The fourth-order valence-corrected chi connectivity index (χ4v) is 3.51. The molecule has 0 aromatic heterocycles. The van der Waals surface area contributed by atoms with Crippen LogP contribution in [0.25, 0.3) is 0 Å². The van der Waals surface area contributed by atoms with Gasteiger partial charge in [0, 0.05) is 25.2 Å². The van der Waals surface area contributed by atoms with Crippen LogP contribution in [0.5, 0.6) is 5.75 Å². The SMILES string of the molecule is COc1cc2c(cc1CNC[C@@H]1CCNC[C@H]1O)CCC2. The van der Waals surface area contributed by atoms with Gasteiger partial charge in [-0.15, -0.1) is 0 Å². The van der Waals surface area contributed by atoms with Crippen molar-refractivity contribution >= 4 is 0 Å². The molecular weight excluding hydrogens is 264 g/mol. The maximum absolute atomic E-state index is 9.97. The summed E-state index contributed by atoms with van der Waals surface area (Å²) in [7, 11) is 1.75. The maximum Gasteiger partial charge on any atom is 0.123 e. The number of fused-ring (bicyclic) bond motifs is 1. The summed E-state index contributed by atoms with van der Waals surface area (Å²) in [5.74, 6) is 1.35. The van der Waals surface area contributed by atoms with Gasteiger partial charge in [-0.25, -0.2) is 0 Å². The summed E-state index contributed by atoms with van der Waals surface area (Å²) in [4.78, 5) is 0. The van der Waals surface area contributed by atoms with E-state index in [1.54, 1.807) is 7.11 Å². The Morgan fingerprint density at radius 1 is 1.33 bits per heavy atom. The number of rotatable bonds is 5. The summed E-state index contributed by atoms with van der Waals surface area (Å²) in [6.07, 6.45) is 4.44. The third-order valence-corrected chi connectivity index (χ3v) is 4.81. The number of benzene rings is 1. The van der Waals surface area contributed by atoms with Crippen molar-refractivity contribution in [3.8, 4) is 5.75 Å². The van der Waals surface area contributed by atoms with Gasteiger partial charge < -0.3 is 20.5 Å². The highest BCUT2D eigenvalue weighted by Crippen LogP contribution is 2.29. The van der Waals surface area contributed by atoms with Gasteiger partial charge in [-0.1, -0.05) is 6.07 Å². The fraction of sp³-hybridized carbons (Fsp3) is 0.647. The molecule has 1 fully saturated rings. The first kappa shape index (κ1) is 14.8. The number of hydrogen-bond acceptors (Lipinski definition) is 4. The van der Waals surface area contributed by atoms with Crippen LogP contribution in [-0.4, -0.2) is 38.0 Å². The van der Waals surface area contributed by atoms with E-state index in [2.05, 4.69) is 22.8 Å². The van der Waals surface area contributed by atoms with E-state index >= 15 is 0 Å². The summed E-state index contributed by atoms with van der Waals surface area (Å²) in [5, 5.41) is 16.7. The van der Waals surface area contributed by atoms with Crippen molar-refractivity contribution < 1.29 is 9.84 Å². The zero-order valence-electron chi connectivity index (χ0n) is 12.8. The highest BCUT2D eigenvalue weighted by molar-refractivity contribution is 5.44. The Hall–Kier alpha value is -1.10. The first-order valence-corrected chi connectivity index (χ1v) is 8.06. The number of piperidine rings is 1. The zero-order valence-corrected chi connectivity index (χ0v) is 12.8. The number of ether oxygens (including phenoxy) is 1. The molecule has 0 spiro atoms. The fourth-order valence-electron chi connectivity index (χ4n) is 3.51. The van der Waals surface area contributed by atoms with Gasteiger partial charge in [0.25, 0.3) is 0 Å². The molecule has 3 rings (SSSR count). The van der Waals surface area contributed by atoms with Gasteiger partial charge in [0.05, 0.1) is 13.2 Å². The Bertz CT molecular complexity index is 490. The van der Waals surface area contributed by atoms with Crippen LogP contribution in [0.15, 0.2) is 12.1 Å². The maximum atomic E-state index is 9.97. The van der Waals surface area contributed by atoms with E-state index in [1.165, 1.54) is 36.0 Å². The molecular formula is C17H26N2O2. The van der Waals surface area contributed by atoms with Crippen molar-refractivity contribution in [2.45, 2.75) is 38.3 Å². The van der Waals surface area contributed by atoms with E-state index in [9.17, 15) is 5.11 Å². The Morgan fingerprint density at radius 3 is 2.90 bits per heavy atom. The van der Waals surface area contributed by atoms with Crippen LogP contribution in [0.3, 0.4) is 0 Å². The summed E-state index contributed by atoms with van der Waals surface area (Å²) in [6, 6.07) is 4.51. The highest BCUT2D eigenvalue weighted by atomic mass is 16.5. The second-order valence-corrected chi connectivity index (χ2v) is 6.24. The van der Waals surface area contributed by atoms with Crippen LogP contribution in [0.4, 0.5) is 0 Å². The Morgan fingerprint density at radius 2 is 2.14 bits per heavy atom. The Balaban J connectivity index is 1.59. The third-order valence-electron chi connectivity index (χ3n) is 4.81. The van der Waals surface area contributed by atoms with Crippen LogP contribution >= 0.6 is 0 Å². The Kier molecular flexibility index (Phi) is 4.78. The standard InChI is InChI=1S/C17H26N2O2/c1-21-17-8-13-4-2-3-12(13)7-15(17)10-19-9-14-5-6-18-11-16(14)20/h7-8,14,16,18-20H,2-6,9-11H2,1H3/t14-,16+/m0/s1. The molecule has 0 bridgehead atoms. The largest absolute Gasteiger partial charge is 0.496 e. The van der Waals surface area contributed by atoms with E-state index < -0.39 is 0 Å². The van der Waals surface area contributed by atoms with Crippen molar-refractivity contribution in [2.24, 2.45) is 5.92 Å². The number of methoxy groups -OCH3 is 1. The van der Waals surface area contributed by atoms with E-state index in [4.69, 9.17) is 4.74 Å². The first-order chi connectivity index (χ1) is 10.3. The molecule has 1 heterocycles. The third kappa shape index (κ3) is 3.39. The highest BCUT2D eigenvalue weighted by Gasteiger charge is 2.22. The predicted octanol–water partition coefficient (Wildman–Crippen LogP) is 1.24. The van der Waals surface area contributed by atoms with E-state index in [0.717, 1.165) is 31.8 Å². The molecule has 0 amide bonds. The number of aliphatic hydroxyl groups excluding tert-OH is 1. The molecule has 0 unspecified atom stereocenters. The van der Waals surface area contributed by atoms with Crippen LogP contribution in [0.2, 0.25) is 0 Å². The van der Waals surface area contributed by atoms with Crippen LogP contribution in [0, 0.1) is 5.92 Å². The predicted molar refractivity (Wildman–Crippen MR) is 83.7 cm³/mol. The molecule has 0 radical (unpaired) electrons. The van der Waals surface area contributed by atoms with Crippen LogP contribution in [-0.2, 0) is 19.4 Å². The lowest BCUT2D eigenvalue weighted by molar-refractivity contribution is 0.0813. The second-order valence-electron chi connectivity index (χ2n) is 6.24. The summed E-state index contributed by atoms with van der Waals surface area (Å²) >= 11 is 0. The lowest BCUT2D eigenvalue weighted by Crippen LogP contribution is -2.44. The molecule has 1 aliphatic carbocycles. The smallest absolute Gasteiger partial charge is 0.123 e. The summed E-state index contributed by atoms with van der Waals surface area (Å²) in [5.41, 5.74) is 4.17. The molecule has 2 aliphatic rings. The van der Waals surface area contributed by atoms with Gasteiger partial charge in [0.1, 0.15) is 5.75 Å². The molecule has 1 aromatic carbocycles. The van der Waals surface area contributed by atoms with Crippen molar-refractivity contribution in [3.05, 3.63) is 28.8 Å². The van der Waals surface area contributed by atoms with Crippen molar-refractivity contribution in [1.82, 2.24) is 10.6 Å². The van der Waals surface area contributed by atoms with E-state index in [1.807, 2.05) is 0 Å². The molecule has 2 atom stereocenters. The number of nitrogens with one attached hydrogen (secondary N) is 2. The van der Waals surface area contributed by atoms with Crippen molar-refractivity contribution in [2.75, 3.05) is 26.7 Å². The number of aliphatic hydroxyl groups is 1. The minimum atomic E-state index is -0.229. The van der Waals surface area contributed by atoms with E-state index in [-0.39, 0.29) is 6.10 Å². The quantitative estimate of drug-likeness (QED) is 0.764. The Labute approximate surface area is 126 Å². The average molecular weight is 290 g/mol. The lowest BCUT2D eigenvalue weighted by atomic mass is 9.95. The molecule has 21 heavy (non-hydrogen) atoms. The molecule has 4 nitrogen and oxygen atoms in total. The topological polar surface area (TPSA) is 53.5 Å². The molecule has 3 N–H and O–H groups in total. The van der Waals surface area contributed by atoms with Gasteiger partial charge in [-0.2, -0.15) is 0 Å². The van der Waals surface area contributed by atoms with Gasteiger partial charge in [-0.05, 0) is 55.3 Å². The van der Waals surface area contributed by atoms with Crippen LogP contribution < -0.4 is 15.4 Å². The van der Waals surface area contributed by atoms with Crippen molar-refractivity contribution in [1.29, 1.82) is 0 Å². The normalized spacial score (nSPS) is 24.9. The van der Waals surface area contributed by atoms with Crippen LogP contribution in [0.1, 0.15) is 29.5 Å². The van der Waals surface area contributed by atoms with Gasteiger partial charge in [0.15, 0.2) is 0 Å². The molecule has 4 heteroatoms. The monoisotopic (exact) mass is 290 g/mol. The minimum Gasteiger partial charge on any atom is -0.496 e. The average Bonchev–Trinajstić information content (AvgIpc) is 2.95. The molecule has 116 valence electrons. The number of hydrogen-bond donors (Lipinski definition) is 3. The zero-order chi connectivity index (χ0) is 14.7. The lowest BCUT2D eigenvalue weighted by Gasteiger charge is -2.28. The summed E-state index contributed by atoms with van der Waals surface area (Å²) < 4.78 is 5.53. The van der Waals surface area contributed by atoms with Gasteiger partial charge in [-0.3, -0.25) is 0 Å². The van der Waals surface area contributed by atoms with E-state index in [0.29, 0.717) is 12.5 Å². The molecule has 0 saturated carbocycles. The minimum absolute atomic E-state index is 0.229. The van der Waals surface area contributed by atoms with Crippen molar-refractivity contribution in [3.63, 3.8) is 0 Å². The number of aryl methyl sites for hydroxylation is 2. The summed E-state index contributed by atoms with van der Waals surface area (Å²) in [6.45, 7) is 3.40. The number of β-amino-alcohol motifs (C(OH)–C–C–N with tert-alkyl or cyclic N) is 1. The first-order valence-electron chi connectivity index (χ1n) is 8.06.